The van der Waals surface area contributed by atoms with Crippen molar-refractivity contribution >= 4 is 5.91 Å². The first-order chi connectivity index (χ1) is 15.2. The van der Waals surface area contributed by atoms with Crippen molar-refractivity contribution in [2.75, 3.05) is 26.7 Å². The Bertz CT molecular complexity index is 947. The quantitative estimate of drug-likeness (QED) is 0.544. The number of carbonyl (C=O) groups is 1. The lowest BCUT2D eigenvalue weighted by atomic mass is 10.0. The zero-order chi connectivity index (χ0) is 21.5. The third-order valence-corrected chi connectivity index (χ3v) is 6.21. The molecule has 5 heteroatoms. The molecular weight excluding hydrogens is 386 g/mol. The van der Waals surface area contributed by atoms with Gasteiger partial charge in [-0.2, -0.15) is 0 Å². The molecule has 0 spiro atoms. The zero-order valence-electron chi connectivity index (χ0n) is 18.2. The molecule has 0 bridgehead atoms. The van der Waals surface area contributed by atoms with E-state index in [0.717, 1.165) is 61.7 Å². The van der Waals surface area contributed by atoms with Crippen LogP contribution in [-0.4, -0.2) is 53.4 Å². The molecule has 3 heterocycles. The van der Waals surface area contributed by atoms with E-state index in [4.69, 9.17) is 4.42 Å². The Morgan fingerprint density at radius 2 is 1.81 bits per heavy atom. The van der Waals surface area contributed by atoms with Gasteiger partial charge in [0.05, 0.1) is 0 Å². The SMILES string of the molecule is CN(C(=O)CCc1ccc(-c2ccccc2)o1)C1CCN(CCc2ccccn2)CC1. The summed E-state index contributed by atoms with van der Waals surface area (Å²) in [6.45, 7) is 3.10. The van der Waals surface area contributed by atoms with Gasteiger partial charge in [0.25, 0.3) is 0 Å². The molecule has 2 aromatic heterocycles. The number of furan rings is 1. The minimum absolute atomic E-state index is 0.199. The Hall–Kier alpha value is -2.92. The molecule has 4 rings (SSSR count). The van der Waals surface area contributed by atoms with Gasteiger partial charge in [0.15, 0.2) is 0 Å². The van der Waals surface area contributed by atoms with Crippen LogP contribution in [-0.2, 0) is 17.6 Å². The summed E-state index contributed by atoms with van der Waals surface area (Å²) >= 11 is 0. The summed E-state index contributed by atoms with van der Waals surface area (Å²) < 4.78 is 5.94. The lowest BCUT2D eigenvalue weighted by molar-refractivity contribution is -0.132. The number of carbonyl (C=O) groups excluding carboxylic acids is 1. The van der Waals surface area contributed by atoms with Crippen molar-refractivity contribution in [3.8, 4) is 11.3 Å². The standard InChI is InChI=1S/C26H31N3O2/c1-28(23-15-19-29(20-16-23)18-14-22-9-5-6-17-27-22)26(30)13-11-24-10-12-25(31-24)21-7-3-2-4-8-21/h2-10,12,17,23H,11,13-16,18-20H2,1H3. The molecule has 0 N–H and O–H groups in total. The first kappa shape index (κ1) is 21.3. The van der Waals surface area contributed by atoms with Crippen molar-refractivity contribution in [1.82, 2.24) is 14.8 Å². The first-order valence-electron chi connectivity index (χ1n) is 11.2. The van der Waals surface area contributed by atoms with E-state index in [2.05, 4.69) is 16.0 Å². The number of benzene rings is 1. The van der Waals surface area contributed by atoms with Gasteiger partial charge >= 0.3 is 0 Å². The van der Waals surface area contributed by atoms with E-state index < -0.39 is 0 Å². The molecule has 0 atom stereocenters. The molecule has 1 saturated heterocycles. The number of aromatic nitrogens is 1. The van der Waals surface area contributed by atoms with Crippen LogP contribution in [0.1, 0.15) is 30.7 Å². The maximum atomic E-state index is 12.7. The lowest BCUT2D eigenvalue weighted by Gasteiger charge is -2.36. The average molecular weight is 418 g/mol. The Balaban J connectivity index is 1.20. The van der Waals surface area contributed by atoms with E-state index in [1.54, 1.807) is 0 Å². The molecule has 1 amide bonds. The highest BCUT2D eigenvalue weighted by Gasteiger charge is 2.25. The minimum atomic E-state index is 0.199. The molecular formula is C26H31N3O2. The van der Waals surface area contributed by atoms with Crippen LogP contribution in [0, 0.1) is 0 Å². The van der Waals surface area contributed by atoms with E-state index in [9.17, 15) is 4.79 Å². The number of nitrogens with zero attached hydrogens (tertiary/aromatic N) is 3. The van der Waals surface area contributed by atoms with Crippen LogP contribution in [0.25, 0.3) is 11.3 Å². The van der Waals surface area contributed by atoms with Crippen LogP contribution < -0.4 is 0 Å². The summed E-state index contributed by atoms with van der Waals surface area (Å²) in [4.78, 5) is 21.6. The molecule has 1 aliphatic rings. The summed E-state index contributed by atoms with van der Waals surface area (Å²) in [6.07, 6.45) is 6.02. The molecule has 0 saturated carbocycles. The monoisotopic (exact) mass is 417 g/mol. The summed E-state index contributed by atoms with van der Waals surface area (Å²) in [5.41, 5.74) is 2.21. The van der Waals surface area contributed by atoms with Crippen molar-refractivity contribution < 1.29 is 9.21 Å². The van der Waals surface area contributed by atoms with E-state index >= 15 is 0 Å². The zero-order valence-corrected chi connectivity index (χ0v) is 18.2. The van der Waals surface area contributed by atoms with Crippen molar-refractivity contribution in [1.29, 1.82) is 0 Å². The second kappa shape index (κ2) is 10.4. The number of amides is 1. The smallest absolute Gasteiger partial charge is 0.223 e. The van der Waals surface area contributed by atoms with Gasteiger partial charge in [-0.05, 0) is 37.1 Å². The fourth-order valence-electron chi connectivity index (χ4n) is 4.23. The summed E-state index contributed by atoms with van der Waals surface area (Å²) in [6, 6.07) is 20.4. The largest absolute Gasteiger partial charge is 0.461 e. The topological polar surface area (TPSA) is 49.6 Å². The molecule has 0 unspecified atom stereocenters. The number of hydrogen-bond acceptors (Lipinski definition) is 4. The van der Waals surface area contributed by atoms with E-state index in [1.807, 2.05) is 72.7 Å². The van der Waals surface area contributed by atoms with Crippen LogP contribution in [0.5, 0.6) is 0 Å². The number of aryl methyl sites for hydroxylation is 1. The van der Waals surface area contributed by atoms with E-state index in [-0.39, 0.29) is 5.91 Å². The predicted molar refractivity (Wildman–Crippen MR) is 123 cm³/mol. The predicted octanol–water partition coefficient (Wildman–Crippen LogP) is 4.44. The van der Waals surface area contributed by atoms with Crippen LogP contribution in [0.4, 0.5) is 0 Å². The highest BCUT2D eigenvalue weighted by atomic mass is 16.3. The fourth-order valence-corrected chi connectivity index (χ4v) is 4.23. The van der Waals surface area contributed by atoms with Gasteiger partial charge < -0.3 is 14.2 Å². The number of piperidine rings is 1. The highest BCUT2D eigenvalue weighted by Crippen LogP contribution is 2.23. The van der Waals surface area contributed by atoms with Gasteiger partial charge in [0, 0.05) is 69.4 Å². The molecule has 31 heavy (non-hydrogen) atoms. The van der Waals surface area contributed by atoms with Gasteiger partial charge in [0.2, 0.25) is 5.91 Å². The van der Waals surface area contributed by atoms with Crippen LogP contribution in [0.2, 0.25) is 0 Å². The lowest BCUT2D eigenvalue weighted by Crippen LogP contribution is -2.46. The molecule has 5 nitrogen and oxygen atoms in total. The Labute approximate surface area is 184 Å². The van der Waals surface area contributed by atoms with Gasteiger partial charge in [0.1, 0.15) is 11.5 Å². The van der Waals surface area contributed by atoms with Crippen molar-refractivity contribution in [2.45, 2.75) is 38.1 Å². The number of rotatable bonds is 8. The third kappa shape index (κ3) is 5.82. The normalized spacial score (nSPS) is 15.1. The molecule has 1 aromatic carbocycles. The Morgan fingerprint density at radius 3 is 2.55 bits per heavy atom. The van der Waals surface area contributed by atoms with Crippen molar-refractivity contribution in [2.24, 2.45) is 0 Å². The molecule has 0 aliphatic carbocycles. The maximum Gasteiger partial charge on any atom is 0.223 e. The van der Waals surface area contributed by atoms with E-state index in [1.165, 1.54) is 0 Å². The summed E-state index contributed by atoms with van der Waals surface area (Å²) in [7, 11) is 1.95. The molecule has 1 fully saturated rings. The fraction of sp³-hybridized carbons (Fsp3) is 0.385. The molecule has 162 valence electrons. The molecule has 3 aromatic rings. The van der Waals surface area contributed by atoms with Gasteiger partial charge in [-0.15, -0.1) is 0 Å². The number of likely N-dealkylation sites (tertiary alicyclic amines) is 1. The van der Waals surface area contributed by atoms with Gasteiger partial charge in [-0.1, -0.05) is 36.4 Å². The second-order valence-electron chi connectivity index (χ2n) is 8.28. The number of hydrogen-bond donors (Lipinski definition) is 0. The summed E-state index contributed by atoms with van der Waals surface area (Å²) in [5.74, 6) is 1.92. The molecule has 0 radical (unpaired) electrons. The Morgan fingerprint density at radius 1 is 1.03 bits per heavy atom. The van der Waals surface area contributed by atoms with Gasteiger partial charge in [-0.25, -0.2) is 0 Å². The molecule has 1 aliphatic heterocycles. The third-order valence-electron chi connectivity index (χ3n) is 6.21. The summed E-state index contributed by atoms with van der Waals surface area (Å²) in [5, 5.41) is 0. The van der Waals surface area contributed by atoms with Crippen LogP contribution in [0.3, 0.4) is 0 Å². The van der Waals surface area contributed by atoms with Crippen LogP contribution in [0.15, 0.2) is 71.3 Å². The van der Waals surface area contributed by atoms with Crippen molar-refractivity contribution in [3.63, 3.8) is 0 Å². The first-order valence-corrected chi connectivity index (χ1v) is 11.2. The second-order valence-corrected chi connectivity index (χ2v) is 8.28. The number of pyridine rings is 1. The Kier molecular flexibility index (Phi) is 7.15. The highest BCUT2D eigenvalue weighted by molar-refractivity contribution is 5.76. The average Bonchev–Trinajstić information content (AvgIpc) is 3.31. The van der Waals surface area contributed by atoms with Crippen molar-refractivity contribution in [3.05, 3.63) is 78.3 Å². The van der Waals surface area contributed by atoms with E-state index in [0.29, 0.717) is 18.9 Å². The van der Waals surface area contributed by atoms with Gasteiger partial charge in [-0.3, -0.25) is 9.78 Å². The maximum absolute atomic E-state index is 12.7. The van der Waals surface area contributed by atoms with Crippen LogP contribution >= 0.6 is 0 Å². The minimum Gasteiger partial charge on any atom is -0.461 e.